The molecule has 0 saturated heterocycles. The third-order valence-corrected chi connectivity index (χ3v) is 7.07. The number of unbranched alkanes of at least 4 members (excludes halogenated alkanes) is 6. The molecule has 0 aliphatic rings. The zero-order valence-corrected chi connectivity index (χ0v) is 23.6. The van der Waals surface area contributed by atoms with E-state index in [-0.39, 0.29) is 11.8 Å². The zero-order chi connectivity index (χ0) is 28.9. The average molecular weight is 553 g/mol. The summed E-state index contributed by atoms with van der Waals surface area (Å²) in [6.07, 6.45) is 10.3. The van der Waals surface area contributed by atoms with Crippen LogP contribution in [0.2, 0.25) is 0 Å². The van der Waals surface area contributed by atoms with Gasteiger partial charge < -0.3 is 9.47 Å². The topological polar surface area (TPSA) is 52.6 Å². The van der Waals surface area contributed by atoms with Gasteiger partial charge in [-0.25, -0.2) is 14.0 Å². The lowest BCUT2D eigenvalue weighted by Gasteiger charge is -2.07. The minimum Gasteiger partial charge on any atom is -0.423 e. The molecule has 4 aromatic carbocycles. The first-order chi connectivity index (χ1) is 20.0. The number of rotatable bonds is 14. The van der Waals surface area contributed by atoms with Crippen molar-refractivity contribution in [3.05, 3.63) is 131 Å². The Morgan fingerprint density at radius 3 is 1.29 bits per heavy atom. The monoisotopic (exact) mass is 552 g/mol. The van der Waals surface area contributed by atoms with Gasteiger partial charge in [0, 0.05) is 0 Å². The minimum absolute atomic E-state index is 0.326. The second-order valence-electron chi connectivity index (χ2n) is 10.4. The molecule has 41 heavy (non-hydrogen) atoms. The van der Waals surface area contributed by atoms with Crippen molar-refractivity contribution in [2.45, 2.75) is 64.7 Å². The molecule has 0 spiro atoms. The smallest absolute Gasteiger partial charge is 0.343 e. The first kappa shape index (κ1) is 29.7. The van der Waals surface area contributed by atoms with E-state index in [0.717, 1.165) is 31.2 Å². The Labute approximate surface area is 242 Å². The molecule has 0 aromatic heterocycles. The molecular formula is C36H37FO4. The van der Waals surface area contributed by atoms with Gasteiger partial charge in [0.25, 0.3) is 0 Å². The van der Waals surface area contributed by atoms with Crippen molar-refractivity contribution in [1.82, 2.24) is 0 Å². The maximum absolute atomic E-state index is 13.0. The lowest BCUT2D eigenvalue weighted by Crippen LogP contribution is -2.08. The fourth-order valence-electron chi connectivity index (χ4n) is 4.60. The second-order valence-corrected chi connectivity index (χ2v) is 10.4. The van der Waals surface area contributed by atoms with E-state index in [4.69, 9.17) is 9.47 Å². The van der Waals surface area contributed by atoms with Gasteiger partial charge in [0.05, 0.1) is 11.1 Å². The van der Waals surface area contributed by atoms with Crippen molar-refractivity contribution >= 4 is 11.9 Å². The maximum atomic E-state index is 13.0. The number of hydrogen-bond acceptors (Lipinski definition) is 4. The standard InChI is InChI=1S/C36H37FO4/c1-27-11-23-33(24-12-27)40-35(38)30-17-13-28(14-18-30)9-7-5-3-2-4-6-8-10-29-15-19-31(20-16-29)36(39)41-34-25-21-32(37)22-26-34/h11-26H,2-10H2,1H3. The Bertz CT molecular complexity index is 1270. The van der Waals surface area contributed by atoms with E-state index in [1.807, 2.05) is 55.5 Å². The first-order valence-corrected chi connectivity index (χ1v) is 14.4. The minimum atomic E-state index is -0.446. The summed E-state index contributed by atoms with van der Waals surface area (Å²) < 4.78 is 23.7. The van der Waals surface area contributed by atoms with Gasteiger partial charge in [-0.1, -0.05) is 74.1 Å². The fraction of sp³-hybridized carbons (Fsp3) is 0.278. The van der Waals surface area contributed by atoms with Gasteiger partial charge in [-0.2, -0.15) is 0 Å². The van der Waals surface area contributed by atoms with E-state index in [9.17, 15) is 14.0 Å². The summed E-state index contributed by atoms with van der Waals surface area (Å²) in [5.41, 5.74) is 4.62. The van der Waals surface area contributed by atoms with Crippen molar-refractivity contribution < 1.29 is 23.5 Å². The van der Waals surface area contributed by atoms with Gasteiger partial charge in [-0.3, -0.25) is 0 Å². The van der Waals surface area contributed by atoms with Crippen LogP contribution in [0.3, 0.4) is 0 Å². The van der Waals surface area contributed by atoms with E-state index in [0.29, 0.717) is 22.6 Å². The Morgan fingerprint density at radius 2 is 0.878 bits per heavy atom. The number of carbonyl (C=O) groups is 2. The summed E-state index contributed by atoms with van der Waals surface area (Å²) in [4.78, 5) is 24.6. The van der Waals surface area contributed by atoms with Gasteiger partial charge in [0.2, 0.25) is 0 Å². The van der Waals surface area contributed by atoms with Crippen LogP contribution in [0.25, 0.3) is 0 Å². The predicted molar refractivity (Wildman–Crippen MR) is 160 cm³/mol. The molecule has 0 atom stereocenters. The first-order valence-electron chi connectivity index (χ1n) is 14.4. The van der Waals surface area contributed by atoms with Gasteiger partial charge in [0.15, 0.2) is 0 Å². The van der Waals surface area contributed by atoms with Gasteiger partial charge in [-0.05, 0) is 104 Å². The predicted octanol–water partition coefficient (Wildman–Crippen LogP) is 9.09. The van der Waals surface area contributed by atoms with Crippen molar-refractivity contribution in [2.75, 3.05) is 0 Å². The summed E-state index contributed by atoms with van der Waals surface area (Å²) in [5.74, 6) is -0.261. The van der Waals surface area contributed by atoms with E-state index in [2.05, 4.69) is 0 Å². The number of esters is 2. The van der Waals surface area contributed by atoms with Crippen molar-refractivity contribution in [1.29, 1.82) is 0 Å². The third-order valence-electron chi connectivity index (χ3n) is 7.07. The molecule has 0 bridgehead atoms. The highest BCUT2D eigenvalue weighted by molar-refractivity contribution is 5.91. The van der Waals surface area contributed by atoms with Crippen LogP contribution in [0.4, 0.5) is 4.39 Å². The number of ether oxygens (including phenoxy) is 2. The van der Waals surface area contributed by atoms with Crippen LogP contribution in [0.15, 0.2) is 97.1 Å². The Hall–Kier alpha value is -4.25. The lowest BCUT2D eigenvalue weighted by atomic mass is 10.0. The number of halogens is 1. The fourth-order valence-corrected chi connectivity index (χ4v) is 4.60. The van der Waals surface area contributed by atoms with Crippen LogP contribution in [0.5, 0.6) is 11.5 Å². The largest absolute Gasteiger partial charge is 0.423 e. The lowest BCUT2D eigenvalue weighted by molar-refractivity contribution is 0.0725. The normalized spacial score (nSPS) is 10.8. The van der Waals surface area contributed by atoms with Gasteiger partial charge in [-0.15, -0.1) is 0 Å². The number of aryl methyl sites for hydroxylation is 3. The van der Waals surface area contributed by atoms with Crippen LogP contribution in [0, 0.1) is 12.7 Å². The molecule has 5 heteroatoms. The average Bonchev–Trinajstić information content (AvgIpc) is 2.99. The summed E-state index contributed by atoms with van der Waals surface area (Å²) in [6.45, 7) is 2.00. The Morgan fingerprint density at radius 1 is 0.512 bits per heavy atom. The highest BCUT2D eigenvalue weighted by Gasteiger charge is 2.10. The van der Waals surface area contributed by atoms with E-state index >= 15 is 0 Å². The molecule has 0 amide bonds. The molecule has 4 aromatic rings. The van der Waals surface area contributed by atoms with Gasteiger partial charge in [0.1, 0.15) is 17.3 Å². The van der Waals surface area contributed by atoms with Crippen molar-refractivity contribution in [3.8, 4) is 11.5 Å². The van der Waals surface area contributed by atoms with Gasteiger partial charge >= 0.3 is 11.9 Å². The molecule has 0 fully saturated rings. The molecular weight excluding hydrogens is 515 g/mol. The summed E-state index contributed by atoms with van der Waals surface area (Å²) >= 11 is 0. The summed E-state index contributed by atoms with van der Waals surface area (Å²) in [5, 5.41) is 0. The third kappa shape index (κ3) is 10.0. The van der Waals surface area contributed by atoms with E-state index < -0.39 is 5.97 Å². The second kappa shape index (κ2) is 15.5. The summed E-state index contributed by atoms with van der Waals surface area (Å²) in [7, 11) is 0. The van der Waals surface area contributed by atoms with Crippen molar-refractivity contribution in [3.63, 3.8) is 0 Å². The molecule has 4 rings (SSSR count). The quantitative estimate of drug-likeness (QED) is 0.0889. The number of carbonyl (C=O) groups excluding carboxylic acids is 2. The van der Waals surface area contributed by atoms with Crippen LogP contribution < -0.4 is 9.47 Å². The van der Waals surface area contributed by atoms with Crippen LogP contribution >= 0.6 is 0 Å². The highest BCUT2D eigenvalue weighted by Crippen LogP contribution is 2.17. The van der Waals surface area contributed by atoms with E-state index in [1.165, 1.54) is 67.5 Å². The summed E-state index contributed by atoms with van der Waals surface area (Å²) in [6, 6.07) is 28.1. The molecule has 0 radical (unpaired) electrons. The molecule has 0 saturated carbocycles. The van der Waals surface area contributed by atoms with Crippen molar-refractivity contribution in [2.24, 2.45) is 0 Å². The van der Waals surface area contributed by atoms with Crippen LogP contribution in [-0.2, 0) is 12.8 Å². The molecule has 0 N–H and O–H groups in total. The Kier molecular flexibility index (Phi) is 11.2. The SMILES string of the molecule is Cc1ccc(OC(=O)c2ccc(CCCCCCCCCc3ccc(C(=O)Oc4ccc(F)cc4)cc3)cc2)cc1. The van der Waals surface area contributed by atoms with Crippen LogP contribution in [-0.4, -0.2) is 11.9 Å². The number of benzene rings is 4. The van der Waals surface area contributed by atoms with E-state index in [1.54, 1.807) is 24.3 Å². The highest BCUT2D eigenvalue weighted by atomic mass is 19.1. The molecule has 0 heterocycles. The molecule has 4 nitrogen and oxygen atoms in total. The molecule has 0 aliphatic heterocycles. The molecule has 212 valence electrons. The molecule has 0 unspecified atom stereocenters. The Balaban J connectivity index is 1.04. The maximum Gasteiger partial charge on any atom is 0.343 e. The molecule has 0 aliphatic carbocycles. The van der Waals surface area contributed by atoms with Crippen LogP contribution in [0.1, 0.15) is 82.4 Å². The zero-order valence-electron chi connectivity index (χ0n) is 23.6. The number of hydrogen-bond donors (Lipinski definition) is 0.